The molecule has 0 aliphatic carbocycles. The molecule has 0 saturated carbocycles. The third-order valence-electron chi connectivity index (χ3n) is 3.40. The molecule has 5 heteroatoms. The van der Waals surface area contributed by atoms with Crippen LogP contribution in [0.5, 0.6) is 0 Å². The molecule has 0 atom stereocenters. The fourth-order valence-electron chi connectivity index (χ4n) is 2.26. The molecule has 1 aliphatic rings. The number of aliphatic carboxylic acids is 1. The van der Waals surface area contributed by atoms with E-state index in [1.54, 1.807) is 11.0 Å². The molecule has 21 heavy (non-hydrogen) atoms. The van der Waals surface area contributed by atoms with Gasteiger partial charge < -0.3 is 14.7 Å². The zero-order chi connectivity index (χ0) is 15.1. The van der Waals surface area contributed by atoms with Crippen LogP contribution in [0.2, 0.25) is 0 Å². The third kappa shape index (κ3) is 4.63. The highest BCUT2D eigenvalue weighted by Crippen LogP contribution is 2.13. The molecular weight excluding hydrogens is 270 g/mol. The Labute approximate surface area is 123 Å². The molecule has 2 rings (SSSR count). The molecule has 0 fully saturated rings. The number of hydrogen-bond donors (Lipinski definition) is 1. The molecule has 1 aromatic carbocycles. The number of carboxylic acids is 1. The third-order valence-corrected chi connectivity index (χ3v) is 3.40. The minimum absolute atomic E-state index is 0.256. The van der Waals surface area contributed by atoms with Gasteiger partial charge in [-0.15, -0.1) is 0 Å². The van der Waals surface area contributed by atoms with Crippen molar-refractivity contribution in [2.75, 3.05) is 13.1 Å². The Morgan fingerprint density at radius 2 is 1.95 bits per heavy atom. The van der Waals surface area contributed by atoms with Crippen molar-refractivity contribution >= 4 is 12.1 Å². The Bertz CT molecular complexity index is 524. The highest BCUT2D eigenvalue weighted by Gasteiger charge is 2.18. The summed E-state index contributed by atoms with van der Waals surface area (Å²) in [4.78, 5) is 24.6. The molecule has 0 spiro atoms. The van der Waals surface area contributed by atoms with Crippen LogP contribution in [-0.4, -0.2) is 35.2 Å². The summed E-state index contributed by atoms with van der Waals surface area (Å²) in [6, 6.07) is 9.52. The molecule has 112 valence electrons. The van der Waals surface area contributed by atoms with Crippen LogP contribution in [0, 0.1) is 0 Å². The molecule has 1 N–H and O–H groups in total. The van der Waals surface area contributed by atoms with Crippen molar-refractivity contribution in [3.63, 3.8) is 0 Å². The van der Waals surface area contributed by atoms with Gasteiger partial charge in [-0.05, 0) is 24.8 Å². The van der Waals surface area contributed by atoms with E-state index >= 15 is 0 Å². The number of ether oxygens (including phenoxy) is 1. The molecule has 1 aliphatic heterocycles. The predicted molar refractivity (Wildman–Crippen MR) is 77.8 cm³/mol. The van der Waals surface area contributed by atoms with Crippen LogP contribution in [0.25, 0.3) is 0 Å². The zero-order valence-corrected chi connectivity index (χ0v) is 11.8. The molecule has 5 nitrogen and oxygen atoms in total. The first-order valence-electron chi connectivity index (χ1n) is 7.05. The van der Waals surface area contributed by atoms with E-state index in [0.717, 1.165) is 5.56 Å². The van der Waals surface area contributed by atoms with Gasteiger partial charge in [0.15, 0.2) is 0 Å². The summed E-state index contributed by atoms with van der Waals surface area (Å²) in [6.45, 7) is 1.27. The fourth-order valence-corrected chi connectivity index (χ4v) is 2.26. The van der Waals surface area contributed by atoms with Crippen LogP contribution < -0.4 is 0 Å². The second-order valence-electron chi connectivity index (χ2n) is 4.95. The zero-order valence-electron chi connectivity index (χ0n) is 11.8. The maximum atomic E-state index is 12.0. The van der Waals surface area contributed by atoms with Crippen molar-refractivity contribution in [3.05, 3.63) is 47.5 Å². The summed E-state index contributed by atoms with van der Waals surface area (Å²) in [7, 11) is 0. The van der Waals surface area contributed by atoms with Crippen LogP contribution in [0.1, 0.15) is 24.8 Å². The number of hydrogen-bond acceptors (Lipinski definition) is 3. The number of carbonyl (C=O) groups is 2. The van der Waals surface area contributed by atoms with Gasteiger partial charge in [-0.1, -0.05) is 36.4 Å². The lowest BCUT2D eigenvalue weighted by Crippen LogP contribution is -2.34. The van der Waals surface area contributed by atoms with Crippen molar-refractivity contribution in [2.24, 2.45) is 0 Å². The number of carbonyl (C=O) groups excluding carboxylic acids is 1. The van der Waals surface area contributed by atoms with Crippen LogP contribution >= 0.6 is 0 Å². The maximum Gasteiger partial charge on any atom is 0.410 e. The molecule has 1 amide bonds. The SMILES string of the molecule is O=C(O)/C1=C/CCN(C(=O)OCc2ccccc2)CCC1. The summed E-state index contributed by atoms with van der Waals surface area (Å²) in [5.41, 5.74) is 1.39. The molecule has 0 saturated heterocycles. The number of carboxylic acid groups (broad SMARTS) is 1. The maximum absolute atomic E-state index is 12.0. The largest absolute Gasteiger partial charge is 0.478 e. The Balaban J connectivity index is 1.84. The Morgan fingerprint density at radius 3 is 2.67 bits per heavy atom. The average molecular weight is 289 g/mol. The molecule has 1 aromatic rings. The molecule has 0 unspecified atom stereocenters. The van der Waals surface area contributed by atoms with Gasteiger partial charge in [0.25, 0.3) is 0 Å². The average Bonchev–Trinajstić information content (AvgIpc) is 2.45. The second kappa shape index (κ2) is 7.47. The molecule has 1 heterocycles. The van der Waals surface area contributed by atoms with Crippen molar-refractivity contribution in [2.45, 2.75) is 25.9 Å². The standard InChI is InChI=1S/C16H19NO4/c18-15(19)14-8-4-10-17(11-5-9-14)16(20)21-12-13-6-2-1-3-7-13/h1-3,6-8H,4-5,9-12H2,(H,18,19)/b14-8+. The smallest absolute Gasteiger partial charge is 0.410 e. The summed E-state index contributed by atoms with van der Waals surface area (Å²) in [6.07, 6.45) is 3.02. The van der Waals surface area contributed by atoms with E-state index < -0.39 is 5.97 Å². The van der Waals surface area contributed by atoms with Gasteiger partial charge in [-0.3, -0.25) is 0 Å². The van der Waals surface area contributed by atoms with Crippen molar-refractivity contribution in [1.82, 2.24) is 4.90 Å². The molecule has 0 radical (unpaired) electrons. The minimum atomic E-state index is -0.866. The van der Waals surface area contributed by atoms with Gasteiger partial charge in [0, 0.05) is 18.7 Å². The highest BCUT2D eigenvalue weighted by molar-refractivity contribution is 5.86. The van der Waals surface area contributed by atoms with Crippen molar-refractivity contribution < 1.29 is 19.4 Å². The van der Waals surface area contributed by atoms with Crippen LogP contribution in [0.15, 0.2) is 42.0 Å². The van der Waals surface area contributed by atoms with E-state index in [1.807, 2.05) is 30.3 Å². The fraction of sp³-hybridized carbons (Fsp3) is 0.375. The van der Waals surface area contributed by atoms with Crippen molar-refractivity contribution in [1.29, 1.82) is 0 Å². The summed E-state index contributed by atoms with van der Waals surface area (Å²) < 4.78 is 5.29. The topological polar surface area (TPSA) is 66.8 Å². The molecule has 0 aromatic heterocycles. The van der Waals surface area contributed by atoms with Gasteiger partial charge in [-0.25, -0.2) is 9.59 Å². The number of benzene rings is 1. The summed E-state index contributed by atoms with van der Waals surface area (Å²) in [5.74, 6) is -0.866. The van der Waals surface area contributed by atoms with E-state index in [1.165, 1.54) is 0 Å². The van der Waals surface area contributed by atoms with Crippen molar-refractivity contribution in [3.8, 4) is 0 Å². The predicted octanol–water partition coefficient (Wildman–Crippen LogP) is 2.82. The number of nitrogens with zero attached hydrogens (tertiary/aromatic N) is 1. The van der Waals surface area contributed by atoms with Gasteiger partial charge in [0.05, 0.1) is 0 Å². The number of amides is 1. The number of rotatable bonds is 3. The molecular formula is C16H19NO4. The van der Waals surface area contributed by atoms with Gasteiger partial charge in [0.2, 0.25) is 0 Å². The van der Waals surface area contributed by atoms with Crippen LogP contribution in [0.4, 0.5) is 4.79 Å². The van der Waals surface area contributed by atoms with E-state index in [2.05, 4.69) is 0 Å². The summed E-state index contributed by atoms with van der Waals surface area (Å²) in [5, 5.41) is 8.97. The normalized spacial score (nSPS) is 18.1. The summed E-state index contributed by atoms with van der Waals surface area (Å²) >= 11 is 0. The van der Waals surface area contributed by atoms with E-state index in [0.29, 0.717) is 37.9 Å². The second-order valence-corrected chi connectivity index (χ2v) is 4.95. The van der Waals surface area contributed by atoms with Crippen LogP contribution in [0.3, 0.4) is 0 Å². The van der Waals surface area contributed by atoms with Gasteiger partial charge >= 0.3 is 12.1 Å². The lowest BCUT2D eigenvalue weighted by Gasteiger charge is -2.23. The Kier molecular flexibility index (Phi) is 5.37. The first kappa shape index (κ1) is 15.1. The van der Waals surface area contributed by atoms with Crippen LogP contribution in [-0.2, 0) is 16.1 Å². The Morgan fingerprint density at radius 1 is 1.19 bits per heavy atom. The van der Waals surface area contributed by atoms with E-state index in [-0.39, 0.29) is 12.7 Å². The minimum Gasteiger partial charge on any atom is -0.478 e. The quantitative estimate of drug-likeness (QED) is 0.929. The van der Waals surface area contributed by atoms with E-state index in [9.17, 15) is 9.59 Å². The lowest BCUT2D eigenvalue weighted by atomic mass is 10.1. The van der Waals surface area contributed by atoms with Gasteiger partial charge in [-0.2, -0.15) is 0 Å². The monoisotopic (exact) mass is 289 g/mol. The highest BCUT2D eigenvalue weighted by atomic mass is 16.6. The first-order chi connectivity index (χ1) is 10.2. The Hall–Kier alpha value is -2.30. The molecule has 0 bridgehead atoms. The van der Waals surface area contributed by atoms with Gasteiger partial charge in [0.1, 0.15) is 6.61 Å². The first-order valence-corrected chi connectivity index (χ1v) is 7.05. The lowest BCUT2D eigenvalue weighted by molar-refractivity contribution is -0.132. The van der Waals surface area contributed by atoms with E-state index in [4.69, 9.17) is 9.84 Å².